The lowest BCUT2D eigenvalue weighted by atomic mass is 10.0. The third kappa shape index (κ3) is 2.71. The Labute approximate surface area is 72.5 Å². The second-order valence-corrected chi connectivity index (χ2v) is 3.58. The van der Waals surface area contributed by atoms with Crippen LogP contribution in [0.3, 0.4) is 0 Å². The number of hydrogen-bond acceptors (Lipinski definition) is 4. The van der Waals surface area contributed by atoms with Crippen LogP contribution < -0.4 is 5.32 Å². The van der Waals surface area contributed by atoms with Gasteiger partial charge in [-0.15, -0.1) is 0 Å². The number of hydrogen-bond donors (Lipinski definition) is 3. The summed E-state index contributed by atoms with van der Waals surface area (Å²) in [6, 6.07) is 0. The highest BCUT2D eigenvalue weighted by atomic mass is 16.5. The second-order valence-electron chi connectivity index (χ2n) is 3.58. The quantitative estimate of drug-likeness (QED) is 0.518. The molecule has 1 rings (SSSR count). The second kappa shape index (κ2) is 4.18. The number of β-amino-alcohol motifs (C(OH)–C–C–N with tert-alkyl or cyclic N) is 1. The van der Waals surface area contributed by atoms with E-state index in [4.69, 9.17) is 14.9 Å². The van der Waals surface area contributed by atoms with Crippen LogP contribution in [0.1, 0.15) is 13.3 Å². The molecule has 3 N–H and O–H groups in total. The molecule has 0 aromatic heterocycles. The highest BCUT2D eigenvalue weighted by molar-refractivity contribution is 4.87. The largest absolute Gasteiger partial charge is 0.394 e. The maximum Gasteiger partial charge on any atom is 0.0895 e. The van der Waals surface area contributed by atoms with Crippen molar-refractivity contribution in [3.05, 3.63) is 0 Å². The van der Waals surface area contributed by atoms with Gasteiger partial charge in [-0.3, -0.25) is 0 Å². The number of ether oxygens (including phenoxy) is 1. The predicted molar refractivity (Wildman–Crippen MR) is 44.9 cm³/mol. The van der Waals surface area contributed by atoms with Gasteiger partial charge in [0.15, 0.2) is 0 Å². The summed E-state index contributed by atoms with van der Waals surface area (Å²) in [7, 11) is 0. The fourth-order valence-electron chi connectivity index (χ4n) is 1.24. The molecule has 2 atom stereocenters. The van der Waals surface area contributed by atoms with Crippen molar-refractivity contribution in [3.63, 3.8) is 0 Å². The molecule has 0 amide bonds. The van der Waals surface area contributed by atoms with Gasteiger partial charge in [-0.2, -0.15) is 0 Å². The fourth-order valence-corrected chi connectivity index (χ4v) is 1.24. The summed E-state index contributed by atoms with van der Waals surface area (Å²) in [6.07, 6.45) is 0.299. The lowest BCUT2D eigenvalue weighted by molar-refractivity contribution is 0.0842. The maximum absolute atomic E-state index is 9.08. The Bertz CT molecular complexity index is 134. The summed E-state index contributed by atoms with van der Waals surface area (Å²) >= 11 is 0. The molecule has 0 saturated carbocycles. The number of rotatable bonds is 4. The molecule has 0 aromatic rings. The smallest absolute Gasteiger partial charge is 0.0895 e. The van der Waals surface area contributed by atoms with Gasteiger partial charge in [-0.1, -0.05) is 0 Å². The molecule has 72 valence electrons. The Morgan fingerprint density at radius 2 is 2.42 bits per heavy atom. The highest BCUT2D eigenvalue weighted by Gasteiger charge is 2.29. The van der Waals surface area contributed by atoms with Crippen molar-refractivity contribution in [2.45, 2.75) is 25.0 Å². The molecule has 0 spiro atoms. The van der Waals surface area contributed by atoms with Gasteiger partial charge < -0.3 is 20.3 Å². The zero-order valence-electron chi connectivity index (χ0n) is 7.42. The van der Waals surface area contributed by atoms with E-state index in [9.17, 15) is 0 Å². The van der Waals surface area contributed by atoms with E-state index >= 15 is 0 Å². The van der Waals surface area contributed by atoms with Gasteiger partial charge in [0.2, 0.25) is 0 Å². The first-order valence-corrected chi connectivity index (χ1v) is 4.28. The lowest BCUT2D eigenvalue weighted by Gasteiger charge is -2.24. The van der Waals surface area contributed by atoms with E-state index in [1.165, 1.54) is 0 Å². The van der Waals surface area contributed by atoms with E-state index < -0.39 is 6.10 Å². The molecule has 0 radical (unpaired) electrons. The average Bonchev–Trinajstić information content (AvgIpc) is 2.49. The zero-order valence-corrected chi connectivity index (χ0v) is 7.42. The Morgan fingerprint density at radius 1 is 1.67 bits per heavy atom. The van der Waals surface area contributed by atoms with Crippen LogP contribution in [0.25, 0.3) is 0 Å². The average molecular weight is 175 g/mol. The Hall–Kier alpha value is -0.160. The van der Waals surface area contributed by atoms with Gasteiger partial charge in [0.25, 0.3) is 0 Å². The van der Waals surface area contributed by atoms with E-state index in [-0.39, 0.29) is 12.1 Å². The van der Waals surface area contributed by atoms with Crippen LogP contribution in [0.2, 0.25) is 0 Å². The summed E-state index contributed by atoms with van der Waals surface area (Å²) in [6.45, 7) is 3.76. The number of aliphatic hydroxyl groups is 2. The van der Waals surface area contributed by atoms with Gasteiger partial charge in [-0.05, 0) is 13.3 Å². The molecular weight excluding hydrogens is 158 g/mol. The minimum absolute atomic E-state index is 0.0177. The number of nitrogens with one attached hydrogen (secondary N) is 1. The topological polar surface area (TPSA) is 61.7 Å². The Balaban J connectivity index is 2.21. The van der Waals surface area contributed by atoms with Crippen LogP contribution in [0.4, 0.5) is 0 Å². The molecule has 4 nitrogen and oxygen atoms in total. The summed E-state index contributed by atoms with van der Waals surface area (Å²) in [4.78, 5) is 0. The van der Waals surface area contributed by atoms with E-state index in [1.54, 1.807) is 0 Å². The van der Waals surface area contributed by atoms with Crippen LogP contribution >= 0.6 is 0 Å². The molecule has 4 heteroatoms. The van der Waals surface area contributed by atoms with Crippen LogP contribution in [0, 0.1) is 0 Å². The van der Waals surface area contributed by atoms with Crippen molar-refractivity contribution in [2.24, 2.45) is 0 Å². The van der Waals surface area contributed by atoms with E-state index in [1.807, 2.05) is 0 Å². The summed E-state index contributed by atoms with van der Waals surface area (Å²) < 4.78 is 5.22. The van der Waals surface area contributed by atoms with Gasteiger partial charge in [0.05, 0.1) is 19.3 Å². The van der Waals surface area contributed by atoms with Gasteiger partial charge in [-0.25, -0.2) is 0 Å². The molecule has 0 aliphatic carbocycles. The monoisotopic (exact) mass is 175 g/mol. The summed E-state index contributed by atoms with van der Waals surface area (Å²) in [5.74, 6) is 0. The molecule has 1 aliphatic heterocycles. The van der Waals surface area contributed by atoms with Crippen LogP contribution in [-0.4, -0.2) is 48.2 Å². The molecular formula is C8H17NO3. The SMILES string of the molecule is CC1(NCC(O)CO)CCOC1. The molecule has 1 heterocycles. The fraction of sp³-hybridized carbons (Fsp3) is 1.00. The Morgan fingerprint density at radius 3 is 2.92 bits per heavy atom. The molecule has 1 aliphatic rings. The number of aliphatic hydroxyl groups excluding tert-OH is 2. The first kappa shape index (κ1) is 9.92. The van der Waals surface area contributed by atoms with Crippen molar-refractivity contribution in [3.8, 4) is 0 Å². The minimum Gasteiger partial charge on any atom is -0.394 e. The predicted octanol–water partition coefficient (Wildman–Crippen LogP) is -0.892. The van der Waals surface area contributed by atoms with Gasteiger partial charge in [0, 0.05) is 18.7 Å². The Kier molecular flexibility index (Phi) is 3.46. The highest BCUT2D eigenvalue weighted by Crippen LogP contribution is 2.16. The lowest BCUT2D eigenvalue weighted by Crippen LogP contribution is -2.46. The van der Waals surface area contributed by atoms with Crippen molar-refractivity contribution in [1.82, 2.24) is 5.32 Å². The zero-order chi connectivity index (χ0) is 9.03. The van der Waals surface area contributed by atoms with Crippen molar-refractivity contribution in [2.75, 3.05) is 26.4 Å². The molecule has 2 unspecified atom stereocenters. The third-order valence-corrected chi connectivity index (χ3v) is 2.19. The maximum atomic E-state index is 9.08. The van der Waals surface area contributed by atoms with Crippen LogP contribution in [-0.2, 0) is 4.74 Å². The molecule has 12 heavy (non-hydrogen) atoms. The first-order chi connectivity index (χ1) is 5.66. The van der Waals surface area contributed by atoms with Gasteiger partial charge in [0.1, 0.15) is 0 Å². The molecule has 0 aromatic carbocycles. The summed E-state index contributed by atoms with van der Waals surface area (Å²) in [5, 5.41) is 20.8. The molecule has 1 fully saturated rings. The van der Waals surface area contributed by atoms with Crippen molar-refractivity contribution < 1.29 is 14.9 Å². The third-order valence-electron chi connectivity index (χ3n) is 2.19. The van der Waals surface area contributed by atoms with Crippen LogP contribution in [0.5, 0.6) is 0 Å². The normalized spacial score (nSPS) is 32.2. The standard InChI is InChI=1S/C8H17NO3/c1-8(2-3-12-6-8)9-4-7(11)5-10/h7,9-11H,2-6H2,1H3. The van der Waals surface area contributed by atoms with Gasteiger partial charge >= 0.3 is 0 Å². The van der Waals surface area contributed by atoms with E-state index in [0.29, 0.717) is 13.2 Å². The molecule has 1 saturated heterocycles. The first-order valence-electron chi connectivity index (χ1n) is 4.28. The van der Waals surface area contributed by atoms with Crippen molar-refractivity contribution in [1.29, 1.82) is 0 Å². The van der Waals surface area contributed by atoms with E-state index in [0.717, 1.165) is 13.0 Å². The van der Waals surface area contributed by atoms with Crippen molar-refractivity contribution >= 4 is 0 Å². The summed E-state index contributed by atoms with van der Waals surface area (Å²) in [5.41, 5.74) is -0.0177. The van der Waals surface area contributed by atoms with Crippen LogP contribution in [0.15, 0.2) is 0 Å². The minimum atomic E-state index is -0.664. The van der Waals surface area contributed by atoms with E-state index in [2.05, 4.69) is 12.2 Å². The molecule has 0 bridgehead atoms.